The predicted molar refractivity (Wildman–Crippen MR) is 120 cm³/mol. The number of nitrogens with one attached hydrogen (secondary N) is 1. The largest absolute Gasteiger partial charge is 0.416 e. The zero-order valence-electron chi connectivity index (χ0n) is 17.7. The molecule has 0 saturated carbocycles. The number of nitrogens with zero attached hydrogens (tertiary/aromatic N) is 3. The molecular weight excluding hydrogens is 412 g/mol. The molecule has 1 fully saturated rings. The summed E-state index contributed by atoms with van der Waals surface area (Å²) >= 11 is 1.19. The number of aromatic nitrogens is 2. The van der Waals surface area contributed by atoms with Gasteiger partial charge in [0.1, 0.15) is 0 Å². The molecule has 7 nitrogen and oxygen atoms in total. The highest BCUT2D eigenvalue weighted by Crippen LogP contribution is 2.32. The van der Waals surface area contributed by atoms with Gasteiger partial charge in [-0.05, 0) is 50.1 Å². The standard InChI is InChI=1S/C23H24N4O3S/c1-14-5-8-18(9-6-14)27-12-17(11-21(27)29)22-25-26-23(30-22)31-13-20(28)24-19-10-15(2)4-7-16(19)3/h4-10,17H,11-13H2,1-3H3,(H,24,28)/t17-/m1/s1. The SMILES string of the molecule is Cc1ccc(N2C[C@H](c3nnc(SCC(=O)Nc4cc(C)ccc4C)o3)CC2=O)cc1. The van der Waals surface area contributed by atoms with Crippen LogP contribution in [0, 0.1) is 20.8 Å². The molecule has 2 heterocycles. The Morgan fingerprint density at radius 1 is 1.13 bits per heavy atom. The van der Waals surface area contributed by atoms with Gasteiger partial charge in [0.25, 0.3) is 5.22 Å². The molecule has 1 aliphatic heterocycles. The summed E-state index contributed by atoms with van der Waals surface area (Å²) in [7, 11) is 0. The molecule has 2 amide bonds. The van der Waals surface area contributed by atoms with Gasteiger partial charge in [-0.3, -0.25) is 9.59 Å². The van der Waals surface area contributed by atoms with Gasteiger partial charge in [-0.1, -0.05) is 41.6 Å². The van der Waals surface area contributed by atoms with E-state index in [0.717, 1.165) is 28.1 Å². The lowest BCUT2D eigenvalue weighted by molar-refractivity contribution is -0.117. The van der Waals surface area contributed by atoms with Gasteiger partial charge in [0.15, 0.2) is 0 Å². The van der Waals surface area contributed by atoms with E-state index in [-0.39, 0.29) is 23.5 Å². The highest BCUT2D eigenvalue weighted by Gasteiger charge is 2.35. The molecule has 1 saturated heterocycles. The van der Waals surface area contributed by atoms with E-state index in [0.29, 0.717) is 24.1 Å². The van der Waals surface area contributed by atoms with E-state index in [4.69, 9.17) is 4.42 Å². The van der Waals surface area contributed by atoms with Gasteiger partial charge in [0, 0.05) is 24.3 Å². The molecule has 8 heteroatoms. The third-order valence-corrected chi connectivity index (χ3v) is 6.05. The van der Waals surface area contributed by atoms with Gasteiger partial charge >= 0.3 is 0 Å². The van der Waals surface area contributed by atoms with E-state index in [1.165, 1.54) is 11.8 Å². The van der Waals surface area contributed by atoms with Gasteiger partial charge < -0.3 is 14.6 Å². The molecule has 3 aromatic rings. The summed E-state index contributed by atoms with van der Waals surface area (Å²) in [5.74, 6) is 0.336. The van der Waals surface area contributed by atoms with E-state index in [1.807, 2.05) is 63.2 Å². The Labute approximate surface area is 185 Å². The average molecular weight is 437 g/mol. The second kappa shape index (κ2) is 8.93. The van der Waals surface area contributed by atoms with E-state index < -0.39 is 0 Å². The fourth-order valence-electron chi connectivity index (χ4n) is 3.48. The molecule has 31 heavy (non-hydrogen) atoms. The monoisotopic (exact) mass is 436 g/mol. The first-order valence-electron chi connectivity index (χ1n) is 10.1. The molecule has 2 aromatic carbocycles. The quantitative estimate of drug-likeness (QED) is 0.581. The Morgan fingerprint density at radius 3 is 2.65 bits per heavy atom. The summed E-state index contributed by atoms with van der Waals surface area (Å²) in [5.41, 5.74) is 4.91. The van der Waals surface area contributed by atoms with Crippen LogP contribution in [0.5, 0.6) is 0 Å². The number of hydrogen-bond acceptors (Lipinski definition) is 6. The fraction of sp³-hybridized carbons (Fsp3) is 0.304. The molecule has 0 aliphatic carbocycles. The molecule has 0 bridgehead atoms. The Kier molecular flexibility index (Phi) is 6.08. The number of aryl methyl sites for hydroxylation is 3. The zero-order valence-corrected chi connectivity index (χ0v) is 18.5. The summed E-state index contributed by atoms with van der Waals surface area (Å²) in [6.07, 6.45) is 0.327. The molecular formula is C23H24N4O3S. The highest BCUT2D eigenvalue weighted by molar-refractivity contribution is 7.99. The first-order chi connectivity index (χ1) is 14.9. The van der Waals surface area contributed by atoms with Crippen molar-refractivity contribution >= 4 is 35.0 Å². The summed E-state index contributed by atoms with van der Waals surface area (Å²) in [6.45, 7) is 6.45. The third-order valence-electron chi connectivity index (χ3n) is 5.24. The molecule has 1 atom stereocenters. The van der Waals surface area contributed by atoms with Crippen molar-refractivity contribution in [3.05, 3.63) is 65.0 Å². The first kappa shape index (κ1) is 21.1. The number of carbonyl (C=O) groups is 2. The number of benzene rings is 2. The lowest BCUT2D eigenvalue weighted by Gasteiger charge is -2.16. The second-order valence-corrected chi connectivity index (χ2v) is 8.73. The van der Waals surface area contributed by atoms with Crippen LogP contribution in [0.4, 0.5) is 11.4 Å². The normalized spacial score (nSPS) is 16.0. The summed E-state index contributed by atoms with van der Waals surface area (Å²) in [6, 6.07) is 13.8. The number of carbonyl (C=O) groups excluding carboxylic acids is 2. The summed E-state index contributed by atoms with van der Waals surface area (Å²) in [4.78, 5) is 26.5. The molecule has 0 unspecified atom stereocenters. The molecule has 160 valence electrons. The maximum absolute atomic E-state index is 12.5. The predicted octanol–water partition coefficient (Wildman–Crippen LogP) is 4.25. The molecule has 0 radical (unpaired) electrons. The van der Waals surface area contributed by atoms with Gasteiger partial charge in [-0.25, -0.2) is 0 Å². The highest BCUT2D eigenvalue weighted by atomic mass is 32.2. The summed E-state index contributed by atoms with van der Waals surface area (Å²) < 4.78 is 5.74. The molecule has 0 spiro atoms. The molecule has 4 rings (SSSR count). The van der Waals surface area contributed by atoms with Gasteiger partial charge in [-0.15, -0.1) is 10.2 Å². The molecule has 1 aromatic heterocycles. The zero-order chi connectivity index (χ0) is 22.0. The molecule has 1 N–H and O–H groups in total. The third kappa shape index (κ3) is 4.96. The van der Waals surface area contributed by atoms with Gasteiger partial charge in [0.2, 0.25) is 17.7 Å². The van der Waals surface area contributed by atoms with Crippen LogP contribution in [0.25, 0.3) is 0 Å². The van der Waals surface area contributed by atoms with E-state index in [2.05, 4.69) is 15.5 Å². The van der Waals surface area contributed by atoms with Crippen LogP contribution in [0.3, 0.4) is 0 Å². The van der Waals surface area contributed by atoms with Crippen LogP contribution in [0.1, 0.15) is 34.9 Å². The van der Waals surface area contributed by atoms with Gasteiger partial charge in [0.05, 0.1) is 11.7 Å². The lowest BCUT2D eigenvalue weighted by Crippen LogP contribution is -2.24. The minimum Gasteiger partial charge on any atom is -0.416 e. The van der Waals surface area contributed by atoms with Crippen molar-refractivity contribution in [1.82, 2.24) is 10.2 Å². The van der Waals surface area contributed by atoms with E-state index in [9.17, 15) is 9.59 Å². The number of hydrogen-bond donors (Lipinski definition) is 1. The topological polar surface area (TPSA) is 88.3 Å². The van der Waals surface area contributed by atoms with Crippen molar-refractivity contribution < 1.29 is 14.0 Å². The summed E-state index contributed by atoms with van der Waals surface area (Å²) in [5, 5.41) is 11.4. The minimum absolute atomic E-state index is 0.0363. The van der Waals surface area contributed by atoms with Gasteiger partial charge in [-0.2, -0.15) is 0 Å². The van der Waals surface area contributed by atoms with Crippen molar-refractivity contribution in [2.24, 2.45) is 0 Å². The Morgan fingerprint density at radius 2 is 1.87 bits per heavy atom. The lowest BCUT2D eigenvalue weighted by atomic mass is 10.1. The maximum atomic E-state index is 12.5. The van der Waals surface area contributed by atoms with Crippen LogP contribution in [0.15, 0.2) is 52.1 Å². The smallest absolute Gasteiger partial charge is 0.277 e. The number of anilines is 2. The van der Waals surface area contributed by atoms with Crippen molar-refractivity contribution in [1.29, 1.82) is 0 Å². The fourth-order valence-corrected chi connectivity index (χ4v) is 4.04. The van der Waals surface area contributed by atoms with Crippen LogP contribution < -0.4 is 10.2 Å². The number of thioether (sulfide) groups is 1. The number of rotatable bonds is 6. The van der Waals surface area contributed by atoms with Crippen molar-refractivity contribution in [3.8, 4) is 0 Å². The minimum atomic E-state index is -0.153. The number of amides is 2. The average Bonchev–Trinajstić information content (AvgIpc) is 3.36. The Bertz CT molecular complexity index is 1110. The van der Waals surface area contributed by atoms with E-state index >= 15 is 0 Å². The van der Waals surface area contributed by atoms with Crippen molar-refractivity contribution in [2.75, 3.05) is 22.5 Å². The van der Waals surface area contributed by atoms with Crippen LogP contribution in [0.2, 0.25) is 0 Å². The van der Waals surface area contributed by atoms with Crippen LogP contribution in [-0.4, -0.2) is 34.3 Å². The van der Waals surface area contributed by atoms with E-state index in [1.54, 1.807) is 4.90 Å². The van der Waals surface area contributed by atoms with Crippen molar-refractivity contribution in [2.45, 2.75) is 38.3 Å². The molecule has 1 aliphatic rings. The second-order valence-electron chi connectivity index (χ2n) is 7.80. The van der Waals surface area contributed by atoms with Crippen LogP contribution in [-0.2, 0) is 9.59 Å². The Balaban J connectivity index is 1.34. The Hall–Kier alpha value is -3.13. The maximum Gasteiger partial charge on any atom is 0.277 e. The first-order valence-corrected chi connectivity index (χ1v) is 11.1. The van der Waals surface area contributed by atoms with Crippen LogP contribution >= 0.6 is 11.8 Å². The van der Waals surface area contributed by atoms with Crippen molar-refractivity contribution in [3.63, 3.8) is 0 Å².